The van der Waals surface area contributed by atoms with E-state index in [2.05, 4.69) is 5.10 Å². The molecule has 1 aromatic heterocycles. The van der Waals surface area contributed by atoms with E-state index in [1.807, 2.05) is 56.6 Å². The van der Waals surface area contributed by atoms with E-state index in [0.29, 0.717) is 24.7 Å². The fourth-order valence-corrected chi connectivity index (χ4v) is 5.40. The molecule has 0 spiro atoms. The van der Waals surface area contributed by atoms with E-state index >= 15 is 0 Å². The number of rotatable bonds is 6. The maximum Gasteiger partial charge on any atom is 0.282 e. The topological polar surface area (TPSA) is 67.7 Å². The van der Waals surface area contributed by atoms with Crippen LogP contribution in [0.25, 0.3) is 0 Å². The molecule has 0 N–H and O–H groups in total. The second-order valence-electron chi connectivity index (χ2n) is 7.74. The largest absolute Gasteiger partial charge is 0.373 e. The third-order valence-electron chi connectivity index (χ3n) is 5.30. The third-order valence-corrected chi connectivity index (χ3v) is 7.53. The quantitative estimate of drug-likeness (QED) is 0.692. The van der Waals surface area contributed by atoms with Crippen molar-refractivity contribution in [3.63, 3.8) is 0 Å². The van der Waals surface area contributed by atoms with E-state index in [1.54, 1.807) is 7.05 Å². The summed E-state index contributed by atoms with van der Waals surface area (Å²) in [6.45, 7) is 9.19. The van der Waals surface area contributed by atoms with E-state index in [9.17, 15) is 8.42 Å². The first-order valence-electron chi connectivity index (χ1n) is 9.72. The molecule has 1 aromatic carbocycles. The monoisotopic (exact) mass is 440 g/mol. The molecule has 2 heterocycles. The molecular formula is C20H29ClN4O3S. The van der Waals surface area contributed by atoms with Gasteiger partial charge in [0, 0.05) is 43.0 Å². The minimum atomic E-state index is -3.59. The first-order chi connectivity index (χ1) is 13.6. The fraction of sp³-hybridized carbons (Fsp3) is 0.550. The molecule has 1 saturated heterocycles. The average Bonchev–Trinajstić information content (AvgIpc) is 2.90. The first-order valence-corrected chi connectivity index (χ1v) is 11.5. The highest BCUT2D eigenvalue weighted by atomic mass is 35.5. The predicted octanol–water partition coefficient (Wildman–Crippen LogP) is 2.99. The lowest BCUT2D eigenvalue weighted by atomic mass is 10.2. The molecule has 0 radical (unpaired) electrons. The average molecular weight is 441 g/mol. The normalized spacial score (nSPS) is 21.1. The van der Waals surface area contributed by atoms with Crippen LogP contribution in [0.3, 0.4) is 0 Å². The highest BCUT2D eigenvalue weighted by Gasteiger charge is 2.34. The van der Waals surface area contributed by atoms with Crippen LogP contribution < -0.4 is 0 Å². The standard InChI is InChI=1S/C20H29ClN4O3S/c1-14-10-24(11-15(2)28-14)29(26,27)23(5)13-19-16(3)22-25(17(19)4)12-18-8-6-7-9-20(18)21/h6-9,14-15H,10-13H2,1-5H3. The number of aryl methyl sites for hydroxylation is 1. The Morgan fingerprint density at radius 1 is 1.21 bits per heavy atom. The van der Waals surface area contributed by atoms with Crippen molar-refractivity contribution in [2.75, 3.05) is 20.1 Å². The molecule has 0 saturated carbocycles. The van der Waals surface area contributed by atoms with E-state index < -0.39 is 10.2 Å². The SMILES string of the molecule is Cc1nn(Cc2ccccc2Cl)c(C)c1CN(C)S(=O)(=O)N1CC(C)OC(C)C1. The Bertz CT molecular complexity index is 966. The van der Waals surface area contributed by atoms with Crippen LogP contribution in [0.4, 0.5) is 0 Å². The summed E-state index contributed by atoms with van der Waals surface area (Å²) in [6, 6.07) is 7.66. The summed E-state index contributed by atoms with van der Waals surface area (Å²) in [5.74, 6) is 0. The molecule has 160 valence electrons. The van der Waals surface area contributed by atoms with E-state index in [4.69, 9.17) is 16.3 Å². The van der Waals surface area contributed by atoms with Gasteiger partial charge >= 0.3 is 0 Å². The van der Waals surface area contributed by atoms with Crippen LogP contribution >= 0.6 is 11.6 Å². The highest BCUT2D eigenvalue weighted by molar-refractivity contribution is 7.86. The number of halogens is 1. The van der Waals surface area contributed by atoms with Gasteiger partial charge in [-0.25, -0.2) is 0 Å². The molecule has 1 aliphatic rings. The van der Waals surface area contributed by atoms with Crippen LogP contribution in [0.2, 0.25) is 5.02 Å². The van der Waals surface area contributed by atoms with Crippen LogP contribution in [0.5, 0.6) is 0 Å². The van der Waals surface area contributed by atoms with Gasteiger partial charge in [0.05, 0.1) is 24.4 Å². The summed E-state index contributed by atoms with van der Waals surface area (Å²) in [5, 5.41) is 5.31. The molecule has 2 atom stereocenters. The molecule has 29 heavy (non-hydrogen) atoms. The van der Waals surface area contributed by atoms with E-state index in [1.165, 1.54) is 8.61 Å². The summed E-state index contributed by atoms with van der Waals surface area (Å²) < 4.78 is 36.6. The second kappa shape index (κ2) is 8.73. The van der Waals surface area contributed by atoms with Crippen molar-refractivity contribution in [2.24, 2.45) is 0 Å². The zero-order valence-corrected chi connectivity index (χ0v) is 19.2. The summed E-state index contributed by atoms with van der Waals surface area (Å²) in [6.07, 6.45) is -0.243. The van der Waals surface area contributed by atoms with Gasteiger partial charge in [-0.15, -0.1) is 0 Å². The van der Waals surface area contributed by atoms with Gasteiger partial charge in [-0.2, -0.15) is 22.1 Å². The molecule has 7 nitrogen and oxygen atoms in total. The summed E-state index contributed by atoms with van der Waals surface area (Å²) in [4.78, 5) is 0. The van der Waals surface area contributed by atoms with Crippen molar-refractivity contribution in [3.05, 3.63) is 51.8 Å². The van der Waals surface area contributed by atoms with E-state index in [0.717, 1.165) is 22.5 Å². The summed E-state index contributed by atoms with van der Waals surface area (Å²) in [7, 11) is -1.97. The minimum Gasteiger partial charge on any atom is -0.373 e. The van der Waals surface area contributed by atoms with Crippen LogP contribution in [0, 0.1) is 13.8 Å². The second-order valence-corrected chi connectivity index (χ2v) is 10.2. The molecule has 0 amide bonds. The van der Waals surface area contributed by atoms with Crippen molar-refractivity contribution in [3.8, 4) is 0 Å². The minimum absolute atomic E-state index is 0.122. The van der Waals surface area contributed by atoms with Crippen molar-refractivity contribution >= 4 is 21.8 Å². The zero-order valence-electron chi connectivity index (χ0n) is 17.6. The van der Waals surface area contributed by atoms with Gasteiger partial charge in [0.25, 0.3) is 10.2 Å². The maximum atomic E-state index is 13.1. The molecule has 1 aliphatic heterocycles. The lowest BCUT2D eigenvalue weighted by Crippen LogP contribution is -2.52. The van der Waals surface area contributed by atoms with Gasteiger partial charge < -0.3 is 4.74 Å². The number of ether oxygens (including phenoxy) is 1. The van der Waals surface area contributed by atoms with Gasteiger partial charge in [0.1, 0.15) is 0 Å². The van der Waals surface area contributed by atoms with Crippen LogP contribution in [-0.4, -0.2) is 59.2 Å². The van der Waals surface area contributed by atoms with Gasteiger partial charge in [-0.05, 0) is 39.3 Å². The molecule has 0 bridgehead atoms. The number of aromatic nitrogens is 2. The summed E-state index contributed by atoms with van der Waals surface area (Å²) >= 11 is 6.28. The summed E-state index contributed by atoms with van der Waals surface area (Å²) in [5.41, 5.74) is 3.65. The molecule has 9 heteroatoms. The molecule has 1 fully saturated rings. The Kier molecular flexibility index (Phi) is 6.70. The Balaban J connectivity index is 1.79. The number of morpholine rings is 1. The van der Waals surface area contributed by atoms with Crippen molar-refractivity contribution < 1.29 is 13.2 Å². The molecular weight excluding hydrogens is 412 g/mol. The van der Waals surface area contributed by atoms with Crippen LogP contribution in [-0.2, 0) is 28.0 Å². The molecule has 0 aliphatic carbocycles. The smallest absolute Gasteiger partial charge is 0.282 e. The van der Waals surface area contributed by atoms with Crippen molar-refractivity contribution in [2.45, 2.75) is 53.0 Å². The third kappa shape index (κ3) is 4.83. The van der Waals surface area contributed by atoms with Gasteiger partial charge in [-0.1, -0.05) is 29.8 Å². The predicted molar refractivity (Wildman–Crippen MR) is 114 cm³/mol. The fourth-order valence-electron chi connectivity index (χ4n) is 3.73. The number of nitrogens with zero attached hydrogens (tertiary/aromatic N) is 4. The Morgan fingerprint density at radius 2 is 1.83 bits per heavy atom. The van der Waals surface area contributed by atoms with Crippen LogP contribution in [0.15, 0.2) is 24.3 Å². The Hall–Kier alpha value is -1.45. The lowest BCUT2D eigenvalue weighted by molar-refractivity contribution is -0.0453. The zero-order chi connectivity index (χ0) is 21.3. The van der Waals surface area contributed by atoms with Crippen molar-refractivity contribution in [1.29, 1.82) is 0 Å². The maximum absolute atomic E-state index is 13.1. The highest BCUT2D eigenvalue weighted by Crippen LogP contribution is 2.23. The number of benzene rings is 1. The molecule has 2 unspecified atom stereocenters. The Labute approximate surface area is 178 Å². The van der Waals surface area contributed by atoms with Gasteiger partial charge in [0.15, 0.2) is 0 Å². The molecule has 3 rings (SSSR count). The lowest BCUT2D eigenvalue weighted by Gasteiger charge is -2.36. The van der Waals surface area contributed by atoms with Crippen molar-refractivity contribution in [1.82, 2.24) is 18.4 Å². The number of hydrogen-bond donors (Lipinski definition) is 0. The molecule has 2 aromatic rings. The van der Waals surface area contributed by atoms with Gasteiger partial charge in [-0.3, -0.25) is 4.68 Å². The number of hydrogen-bond acceptors (Lipinski definition) is 4. The van der Waals surface area contributed by atoms with Gasteiger partial charge in [0.2, 0.25) is 0 Å². The Morgan fingerprint density at radius 3 is 2.45 bits per heavy atom. The first kappa shape index (κ1) is 22.2. The van der Waals surface area contributed by atoms with Crippen LogP contribution in [0.1, 0.15) is 36.4 Å². The van der Waals surface area contributed by atoms with E-state index in [-0.39, 0.29) is 18.8 Å².